The molecule has 2 rings (SSSR count). The minimum atomic E-state index is -0.759. The SMILES string of the molecule is C=CCCCCCCCCC1(O)C=CC2N(CCCCN=C(N)N)CCCN21. The Kier molecular flexibility index (Phi) is 10.0. The van der Waals surface area contributed by atoms with Crippen molar-refractivity contribution in [1.29, 1.82) is 0 Å². The van der Waals surface area contributed by atoms with Gasteiger partial charge in [0.05, 0.1) is 6.17 Å². The molecule has 0 aliphatic carbocycles. The predicted molar refractivity (Wildman–Crippen MR) is 118 cm³/mol. The third-order valence-corrected chi connectivity index (χ3v) is 5.92. The van der Waals surface area contributed by atoms with Gasteiger partial charge in [-0.2, -0.15) is 0 Å². The molecule has 6 heteroatoms. The minimum absolute atomic E-state index is 0.171. The third kappa shape index (κ3) is 7.22. The summed E-state index contributed by atoms with van der Waals surface area (Å²) in [5, 5.41) is 11.2. The second kappa shape index (κ2) is 12.2. The maximum atomic E-state index is 11.2. The second-order valence-electron chi connectivity index (χ2n) is 8.20. The minimum Gasteiger partial charge on any atom is -0.372 e. The van der Waals surface area contributed by atoms with Crippen LogP contribution in [0.3, 0.4) is 0 Å². The highest BCUT2D eigenvalue weighted by molar-refractivity contribution is 5.75. The fourth-order valence-corrected chi connectivity index (χ4v) is 4.38. The van der Waals surface area contributed by atoms with Gasteiger partial charge in [0.25, 0.3) is 0 Å². The summed E-state index contributed by atoms with van der Waals surface area (Å²) in [6, 6.07) is 0. The smallest absolute Gasteiger partial charge is 0.185 e. The molecule has 1 saturated heterocycles. The van der Waals surface area contributed by atoms with Crippen LogP contribution in [-0.4, -0.2) is 58.9 Å². The lowest BCUT2D eigenvalue weighted by Crippen LogP contribution is -2.58. The summed E-state index contributed by atoms with van der Waals surface area (Å²) in [7, 11) is 0. The first-order chi connectivity index (χ1) is 13.6. The summed E-state index contributed by atoms with van der Waals surface area (Å²) < 4.78 is 0. The highest BCUT2D eigenvalue weighted by Crippen LogP contribution is 2.34. The zero-order chi connectivity index (χ0) is 20.2. The number of aliphatic imine (C=N–C) groups is 1. The molecule has 0 aromatic carbocycles. The molecular weight excluding hydrogens is 350 g/mol. The monoisotopic (exact) mass is 391 g/mol. The topological polar surface area (TPSA) is 91.1 Å². The van der Waals surface area contributed by atoms with E-state index in [9.17, 15) is 5.11 Å². The predicted octanol–water partition coefficient (Wildman–Crippen LogP) is 2.94. The molecule has 0 radical (unpaired) electrons. The first-order valence-corrected chi connectivity index (χ1v) is 11.2. The molecule has 0 spiro atoms. The van der Waals surface area contributed by atoms with Crippen molar-refractivity contribution in [3.8, 4) is 0 Å². The van der Waals surface area contributed by atoms with Crippen LogP contribution < -0.4 is 11.5 Å². The molecule has 1 fully saturated rings. The van der Waals surface area contributed by atoms with Gasteiger partial charge in [0.2, 0.25) is 0 Å². The third-order valence-electron chi connectivity index (χ3n) is 5.92. The van der Waals surface area contributed by atoms with E-state index in [-0.39, 0.29) is 12.1 Å². The van der Waals surface area contributed by atoms with Crippen LogP contribution in [0.5, 0.6) is 0 Å². The van der Waals surface area contributed by atoms with Gasteiger partial charge in [-0.15, -0.1) is 6.58 Å². The van der Waals surface area contributed by atoms with Gasteiger partial charge in [-0.05, 0) is 57.6 Å². The molecule has 0 bridgehead atoms. The van der Waals surface area contributed by atoms with E-state index in [4.69, 9.17) is 11.5 Å². The average molecular weight is 392 g/mol. The summed E-state index contributed by atoms with van der Waals surface area (Å²) in [6.07, 6.45) is 19.0. The number of nitrogens with zero attached hydrogens (tertiary/aromatic N) is 3. The molecule has 2 aliphatic heterocycles. The standard InChI is InChI=1S/C22H41N5O/c1-2-3-4-5-6-7-8-9-14-22(28)15-13-20-26(18-12-19-27(20)22)17-11-10-16-25-21(23)24/h2,13,15,20,28H,1,3-12,14,16-19H2,(H4,23,24,25). The van der Waals surface area contributed by atoms with Crippen LogP contribution in [-0.2, 0) is 0 Å². The summed E-state index contributed by atoms with van der Waals surface area (Å²) >= 11 is 0. The van der Waals surface area contributed by atoms with Crippen LogP contribution in [0.2, 0.25) is 0 Å². The van der Waals surface area contributed by atoms with Gasteiger partial charge in [-0.3, -0.25) is 14.8 Å². The highest BCUT2D eigenvalue weighted by atomic mass is 16.3. The summed E-state index contributed by atoms with van der Waals surface area (Å²) in [5.74, 6) is 0.171. The number of nitrogens with two attached hydrogens (primary N) is 2. The van der Waals surface area contributed by atoms with Gasteiger partial charge in [0.1, 0.15) is 5.72 Å². The highest BCUT2D eigenvalue weighted by Gasteiger charge is 2.43. The van der Waals surface area contributed by atoms with Crippen LogP contribution in [0.4, 0.5) is 0 Å². The number of guanidine groups is 1. The number of unbranched alkanes of at least 4 members (excludes halogenated alkanes) is 7. The van der Waals surface area contributed by atoms with E-state index >= 15 is 0 Å². The van der Waals surface area contributed by atoms with Gasteiger partial charge < -0.3 is 16.6 Å². The van der Waals surface area contributed by atoms with Gasteiger partial charge >= 0.3 is 0 Å². The molecule has 2 aliphatic rings. The molecule has 0 saturated carbocycles. The molecule has 2 atom stereocenters. The van der Waals surface area contributed by atoms with E-state index in [0.29, 0.717) is 6.54 Å². The van der Waals surface area contributed by atoms with E-state index in [1.165, 1.54) is 32.1 Å². The first kappa shape index (κ1) is 22.9. The fraction of sp³-hybridized carbons (Fsp3) is 0.773. The largest absolute Gasteiger partial charge is 0.372 e. The van der Waals surface area contributed by atoms with Crippen molar-refractivity contribution >= 4 is 5.96 Å². The maximum Gasteiger partial charge on any atom is 0.185 e. The number of hydrogen-bond donors (Lipinski definition) is 3. The van der Waals surface area contributed by atoms with Crippen molar-refractivity contribution in [3.05, 3.63) is 24.8 Å². The van der Waals surface area contributed by atoms with Crippen LogP contribution in [0.1, 0.15) is 70.6 Å². The normalized spacial score (nSPS) is 25.0. The zero-order valence-corrected chi connectivity index (χ0v) is 17.6. The molecule has 160 valence electrons. The summed E-state index contributed by atoms with van der Waals surface area (Å²) in [4.78, 5) is 8.82. The van der Waals surface area contributed by atoms with Crippen molar-refractivity contribution in [2.75, 3.05) is 26.2 Å². The van der Waals surface area contributed by atoms with E-state index < -0.39 is 5.72 Å². The molecule has 28 heavy (non-hydrogen) atoms. The molecule has 0 aromatic heterocycles. The Morgan fingerprint density at radius 2 is 1.86 bits per heavy atom. The fourth-order valence-electron chi connectivity index (χ4n) is 4.38. The van der Waals surface area contributed by atoms with E-state index in [0.717, 1.165) is 58.2 Å². The zero-order valence-electron chi connectivity index (χ0n) is 17.6. The van der Waals surface area contributed by atoms with Crippen molar-refractivity contribution in [1.82, 2.24) is 9.80 Å². The van der Waals surface area contributed by atoms with Crippen LogP contribution in [0.25, 0.3) is 0 Å². The van der Waals surface area contributed by atoms with Gasteiger partial charge in [-0.25, -0.2) is 0 Å². The molecule has 0 amide bonds. The van der Waals surface area contributed by atoms with E-state index in [1.807, 2.05) is 12.2 Å². The molecular formula is C22H41N5O. The molecule has 0 aromatic rings. The van der Waals surface area contributed by atoms with Crippen molar-refractivity contribution in [2.24, 2.45) is 16.5 Å². The number of aliphatic hydroxyl groups is 1. The van der Waals surface area contributed by atoms with Gasteiger partial charge in [0.15, 0.2) is 5.96 Å². The Bertz CT molecular complexity index is 517. The Hall–Kier alpha value is -1.37. The second-order valence-corrected chi connectivity index (χ2v) is 8.20. The molecule has 6 nitrogen and oxygen atoms in total. The van der Waals surface area contributed by atoms with Crippen molar-refractivity contribution in [3.63, 3.8) is 0 Å². The Balaban J connectivity index is 1.68. The number of hydrogen-bond acceptors (Lipinski definition) is 4. The van der Waals surface area contributed by atoms with Crippen LogP contribution in [0, 0.1) is 0 Å². The van der Waals surface area contributed by atoms with Gasteiger partial charge in [-0.1, -0.05) is 37.8 Å². The van der Waals surface area contributed by atoms with Crippen molar-refractivity contribution in [2.45, 2.75) is 82.5 Å². The Labute approximate surface area is 171 Å². The van der Waals surface area contributed by atoms with Gasteiger partial charge in [0, 0.05) is 19.6 Å². The first-order valence-electron chi connectivity index (χ1n) is 11.2. The number of rotatable bonds is 14. The van der Waals surface area contributed by atoms with Crippen LogP contribution in [0.15, 0.2) is 29.8 Å². The van der Waals surface area contributed by atoms with Crippen LogP contribution >= 0.6 is 0 Å². The average Bonchev–Trinajstić information content (AvgIpc) is 3.01. The lowest BCUT2D eigenvalue weighted by atomic mass is 10.0. The Morgan fingerprint density at radius 1 is 1.11 bits per heavy atom. The van der Waals surface area contributed by atoms with E-state index in [1.54, 1.807) is 0 Å². The maximum absolute atomic E-state index is 11.2. The van der Waals surface area contributed by atoms with Crippen molar-refractivity contribution < 1.29 is 5.11 Å². The molecule has 2 heterocycles. The number of allylic oxidation sites excluding steroid dienone is 1. The molecule has 2 unspecified atom stereocenters. The Morgan fingerprint density at radius 3 is 2.61 bits per heavy atom. The lowest BCUT2D eigenvalue weighted by molar-refractivity contribution is -0.122. The number of fused-ring (bicyclic) bond motifs is 1. The lowest BCUT2D eigenvalue weighted by Gasteiger charge is -2.45. The summed E-state index contributed by atoms with van der Waals surface area (Å²) in [5.41, 5.74) is 9.99. The summed E-state index contributed by atoms with van der Waals surface area (Å²) in [6.45, 7) is 7.55. The van der Waals surface area contributed by atoms with E-state index in [2.05, 4.69) is 27.4 Å². The molecule has 5 N–H and O–H groups in total. The quantitative estimate of drug-likeness (QED) is 0.183.